The van der Waals surface area contributed by atoms with Crippen molar-refractivity contribution in [1.29, 1.82) is 0 Å². The minimum Gasteiger partial charge on any atom is -0.493 e. The van der Waals surface area contributed by atoms with E-state index in [4.69, 9.17) is 4.74 Å². The van der Waals surface area contributed by atoms with Crippen molar-refractivity contribution in [2.75, 3.05) is 6.61 Å². The van der Waals surface area contributed by atoms with E-state index in [1.807, 2.05) is 6.92 Å². The quantitative estimate of drug-likeness (QED) is 0.924. The molecular weight excluding hydrogens is 280 g/mol. The minimum atomic E-state index is -0.230. The van der Waals surface area contributed by atoms with Crippen LogP contribution in [0.2, 0.25) is 0 Å². The molecule has 0 fully saturated rings. The van der Waals surface area contributed by atoms with Gasteiger partial charge in [-0.15, -0.1) is 0 Å². The molecule has 17 heavy (non-hydrogen) atoms. The molecule has 0 amide bonds. The predicted octanol–water partition coefficient (Wildman–Crippen LogP) is 3.33. The second-order valence-electron chi connectivity index (χ2n) is 5.05. The zero-order valence-corrected chi connectivity index (χ0v) is 12.0. The Balaban J connectivity index is 2.15. The van der Waals surface area contributed by atoms with Gasteiger partial charge in [0, 0.05) is 10.9 Å². The predicted molar refractivity (Wildman–Crippen MR) is 72.5 cm³/mol. The van der Waals surface area contributed by atoms with Crippen molar-refractivity contribution in [1.82, 2.24) is 0 Å². The van der Waals surface area contributed by atoms with Crippen LogP contribution in [0.5, 0.6) is 5.75 Å². The van der Waals surface area contributed by atoms with Gasteiger partial charge >= 0.3 is 0 Å². The molecule has 3 heteroatoms. The third-order valence-corrected chi connectivity index (χ3v) is 3.60. The minimum absolute atomic E-state index is 0.230. The number of ether oxygens (including phenoxy) is 1. The van der Waals surface area contributed by atoms with E-state index in [0.717, 1.165) is 36.1 Å². The van der Waals surface area contributed by atoms with Crippen LogP contribution >= 0.6 is 15.9 Å². The van der Waals surface area contributed by atoms with E-state index < -0.39 is 0 Å². The Hall–Kier alpha value is -0.540. The Bertz CT molecular complexity index is 401. The van der Waals surface area contributed by atoms with E-state index in [1.54, 1.807) is 0 Å². The molecule has 0 aliphatic carbocycles. The lowest BCUT2D eigenvalue weighted by molar-refractivity contribution is 0.164. The van der Waals surface area contributed by atoms with Gasteiger partial charge in [-0.2, -0.15) is 0 Å². The highest BCUT2D eigenvalue weighted by atomic mass is 79.9. The molecule has 2 unspecified atom stereocenters. The van der Waals surface area contributed by atoms with E-state index in [-0.39, 0.29) is 6.10 Å². The molecule has 0 spiro atoms. The van der Waals surface area contributed by atoms with Gasteiger partial charge in [0.05, 0.1) is 12.7 Å². The van der Waals surface area contributed by atoms with Gasteiger partial charge in [-0.25, -0.2) is 0 Å². The highest BCUT2D eigenvalue weighted by Crippen LogP contribution is 2.34. The Morgan fingerprint density at radius 2 is 2.18 bits per heavy atom. The van der Waals surface area contributed by atoms with E-state index in [9.17, 15) is 5.11 Å². The first kappa shape index (κ1) is 12.9. The van der Waals surface area contributed by atoms with Crippen molar-refractivity contribution < 1.29 is 9.84 Å². The number of halogens is 1. The van der Waals surface area contributed by atoms with Crippen molar-refractivity contribution in [3.8, 4) is 5.75 Å². The monoisotopic (exact) mass is 298 g/mol. The smallest absolute Gasteiger partial charge is 0.125 e. The highest BCUT2D eigenvalue weighted by Gasteiger charge is 2.19. The SMILES string of the molecule is CC(O)CC(C)Cc1cc(Br)cc2c1OCC2. The normalized spacial score (nSPS) is 17.4. The molecule has 0 aromatic heterocycles. The van der Waals surface area contributed by atoms with Gasteiger partial charge < -0.3 is 9.84 Å². The molecule has 2 rings (SSSR count). The number of benzene rings is 1. The van der Waals surface area contributed by atoms with Crippen LogP contribution in [0.4, 0.5) is 0 Å². The lowest BCUT2D eigenvalue weighted by Crippen LogP contribution is -2.10. The Morgan fingerprint density at radius 3 is 2.88 bits per heavy atom. The molecule has 2 nitrogen and oxygen atoms in total. The van der Waals surface area contributed by atoms with Gasteiger partial charge in [-0.1, -0.05) is 22.9 Å². The van der Waals surface area contributed by atoms with Crippen LogP contribution in [-0.4, -0.2) is 17.8 Å². The third kappa shape index (κ3) is 3.23. The second kappa shape index (κ2) is 5.40. The zero-order valence-electron chi connectivity index (χ0n) is 10.4. The number of fused-ring (bicyclic) bond motifs is 1. The van der Waals surface area contributed by atoms with E-state index in [2.05, 4.69) is 35.0 Å². The fourth-order valence-electron chi connectivity index (χ4n) is 2.54. The Kier molecular flexibility index (Phi) is 4.10. The summed E-state index contributed by atoms with van der Waals surface area (Å²) in [6.07, 6.45) is 2.58. The van der Waals surface area contributed by atoms with E-state index in [1.165, 1.54) is 11.1 Å². The van der Waals surface area contributed by atoms with Gasteiger partial charge in [0.25, 0.3) is 0 Å². The fourth-order valence-corrected chi connectivity index (χ4v) is 3.09. The molecular formula is C14H19BrO2. The van der Waals surface area contributed by atoms with Crippen molar-refractivity contribution in [2.24, 2.45) is 5.92 Å². The lowest BCUT2D eigenvalue weighted by atomic mass is 9.94. The molecule has 1 aliphatic heterocycles. The molecule has 1 heterocycles. The van der Waals surface area contributed by atoms with Gasteiger partial charge in [0.2, 0.25) is 0 Å². The standard InChI is InChI=1S/C14H19BrO2/c1-9(5-10(2)16)6-12-8-13(15)7-11-3-4-17-14(11)12/h7-10,16H,3-6H2,1-2H3. The molecule has 1 N–H and O–H groups in total. The number of rotatable bonds is 4. The summed E-state index contributed by atoms with van der Waals surface area (Å²) in [4.78, 5) is 0. The van der Waals surface area contributed by atoms with E-state index in [0.29, 0.717) is 5.92 Å². The lowest BCUT2D eigenvalue weighted by Gasteiger charge is -2.15. The van der Waals surface area contributed by atoms with Crippen LogP contribution in [0.3, 0.4) is 0 Å². The van der Waals surface area contributed by atoms with Gasteiger partial charge in [0.15, 0.2) is 0 Å². The van der Waals surface area contributed by atoms with Crippen molar-refractivity contribution in [3.63, 3.8) is 0 Å². The van der Waals surface area contributed by atoms with E-state index >= 15 is 0 Å². The molecule has 1 aromatic carbocycles. The van der Waals surface area contributed by atoms with Gasteiger partial charge in [0.1, 0.15) is 5.75 Å². The topological polar surface area (TPSA) is 29.5 Å². The highest BCUT2D eigenvalue weighted by molar-refractivity contribution is 9.10. The van der Waals surface area contributed by atoms with Crippen LogP contribution in [-0.2, 0) is 12.8 Å². The molecule has 0 bridgehead atoms. The fraction of sp³-hybridized carbons (Fsp3) is 0.571. The number of aliphatic hydroxyl groups is 1. The second-order valence-corrected chi connectivity index (χ2v) is 5.96. The Labute approximate surface area is 111 Å². The maximum atomic E-state index is 9.41. The van der Waals surface area contributed by atoms with Gasteiger partial charge in [-0.05, 0) is 48.9 Å². The summed E-state index contributed by atoms with van der Waals surface area (Å²) in [6, 6.07) is 4.29. The number of aliphatic hydroxyl groups excluding tert-OH is 1. The maximum Gasteiger partial charge on any atom is 0.125 e. The molecule has 1 aromatic rings. The summed E-state index contributed by atoms with van der Waals surface area (Å²) in [6.45, 7) is 4.82. The summed E-state index contributed by atoms with van der Waals surface area (Å²) in [5.74, 6) is 1.54. The largest absolute Gasteiger partial charge is 0.493 e. The first-order valence-corrected chi connectivity index (χ1v) is 6.97. The molecule has 0 saturated heterocycles. The van der Waals surface area contributed by atoms with Crippen LogP contribution < -0.4 is 4.74 Å². The third-order valence-electron chi connectivity index (χ3n) is 3.14. The first-order valence-electron chi connectivity index (χ1n) is 6.18. The van der Waals surface area contributed by atoms with Crippen molar-refractivity contribution in [2.45, 2.75) is 39.2 Å². The summed E-state index contributed by atoms with van der Waals surface area (Å²) >= 11 is 3.55. The van der Waals surface area contributed by atoms with Crippen LogP contribution in [0.25, 0.3) is 0 Å². The van der Waals surface area contributed by atoms with Crippen LogP contribution in [0.15, 0.2) is 16.6 Å². The molecule has 94 valence electrons. The summed E-state index contributed by atoms with van der Waals surface area (Å²) in [5.41, 5.74) is 2.57. The van der Waals surface area contributed by atoms with Crippen molar-refractivity contribution >= 4 is 15.9 Å². The maximum absolute atomic E-state index is 9.41. The van der Waals surface area contributed by atoms with Crippen LogP contribution in [0.1, 0.15) is 31.4 Å². The van der Waals surface area contributed by atoms with Crippen LogP contribution in [0, 0.1) is 5.92 Å². The summed E-state index contributed by atoms with van der Waals surface area (Å²) in [5, 5.41) is 9.41. The molecule has 2 atom stereocenters. The molecule has 0 saturated carbocycles. The summed E-state index contributed by atoms with van der Waals surface area (Å²) < 4.78 is 6.83. The summed E-state index contributed by atoms with van der Waals surface area (Å²) in [7, 11) is 0. The molecule has 0 radical (unpaired) electrons. The van der Waals surface area contributed by atoms with Crippen molar-refractivity contribution in [3.05, 3.63) is 27.7 Å². The Morgan fingerprint density at radius 1 is 1.41 bits per heavy atom. The average Bonchev–Trinajstić information content (AvgIpc) is 2.63. The average molecular weight is 299 g/mol. The molecule has 1 aliphatic rings. The van der Waals surface area contributed by atoms with Gasteiger partial charge in [-0.3, -0.25) is 0 Å². The number of hydrogen-bond acceptors (Lipinski definition) is 2. The zero-order chi connectivity index (χ0) is 12.4. The number of hydrogen-bond donors (Lipinski definition) is 1. The first-order chi connectivity index (χ1) is 8.06.